The quantitative estimate of drug-likeness (QED) is 0.226. The van der Waals surface area contributed by atoms with Crippen LogP contribution in [0.4, 0.5) is 0 Å². The van der Waals surface area contributed by atoms with Crippen LogP contribution in [-0.4, -0.2) is 33.0 Å². The van der Waals surface area contributed by atoms with Gasteiger partial charge in [-0.15, -0.1) is 0 Å². The molecule has 0 bridgehead atoms. The van der Waals surface area contributed by atoms with Gasteiger partial charge in [0.2, 0.25) is 5.91 Å². The molecule has 1 aliphatic carbocycles. The maximum atomic E-state index is 12.1. The van der Waals surface area contributed by atoms with Gasteiger partial charge in [-0.25, -0.2) is 4.98 Å². The number of imidazole rings is 1. The van der Waals surface area contributed by atoms with Gasteiger partial charge >= 0.3 is 0 Å². The van der Waals surface area contributed by atoms with E-state index in [-0.39, 0.29) is 11.7 Å². The van der Waals surface area contributed by atoms with Gasteiger partial charge in [0, 0.05) is 25.5 Å². The highest BCUT2D eigenvalue weighted by Crippen LogP contribution is 2.41. The van der Waals surface area contributed by atoms with E-state index in [1.165, 1.54) is 0 Å². The minimum Gasteiger partial charge on any atom is -0.409 e. The van der Waals surface area contributed by atoms with Gasteiger partial charge in [0.1, 0.15) is 5.41 Å². The summed E-state index contributed by atoms with van der Waals surface area (Å²) in [6.07, 6.45) is 8.39. The number of oxime groups is 1. The van der Waals surface area contributed by atoms with Crippen LogP contribution in [0.2, 0.25) is 0 Å². The van der Waals surface area contributed by atoms with Crippen LogP contribution in [0, 0.1) is 5.41 Å². The van der Waals surface area contributed by atoms with Crippen LogP contribution in [0.1, 0.15) is 25.7 Å². The van der Waals surface area contributed by atoms with Crippen LogP contribution in [0.3, 0.4) is 0 Å². The van der Waals surface area contributed by atoms with Gasteiger partial charge in [-0.05, 0) is 19.3 Å². The van der Waals surface area contributed by atoms with Crippen molar-refractivity contribution in [1.82, 2.24) is 14.9 Å². The summed E-state index contributed by atoms with van der Waals surface area (Å²) >= 11 is 0. The van der Waals surface area contributed by atoms with E-state index < -0.39 is 5.41 Å². The Labute approximate surface area is 111 Å². The molecule has 1 saturated carbocycles. The number of amidine groups is 1. The Balaban J connectivity index is 1.77. The lowest BCUT2D eigenvalue weighted by Gasteiger charge is -2.38. The molecule has 104 valence electrons. The summed E-state index contributed by atoms with van der Waals surface area (Å²) in [7, 11) is 0. The van der Waals surface area contributed by atoms with Gasteiger partial charge in [-0.2, -0.15) is 0 Å². The first-order valence-electron chi connectivity index (χ1n) is 6.41. The molecule has 19 heavy (non-hydrogen) atoms. The monoisotopic (exact) mass is 265 g/mol. The third kappa shape index (κ3) is 2.69. The van der Waals surface area contributed by atoms with Crippen molar-refractivity contribution in [3.05, 3.63) is 18.7 Å². The Kier molecular flexibility index (Phi) is 4.03. The molecule has 0 atom stereocenters. The summed E-state index contributed by atoms with van der Waals surface area (Å²) in [5.74, 6) is -0.120. The molecular formula is C12H19N5O2. The Bertz CT molecular complexity index is 451. The topological polar surface area (TPSA) is 106 Å². The molecule has 2 rings (SSSR count). The zero-order valence-corrected chi connectivity index (χ0v) is 10.7. The Hall–Kier alpha value is -2.05. The lowest BCUT2D eigenvalue weighted by atomic mass is 9.67. The van der Waals surface area contributed by atoms with Gasteiger partial charge in [-0.1, -0.05) is 11.6 Å². The number of rotatable bonds is 6. The van der Waals surface area contributed by atoms with Crippen molar-refractivity contribution in [2.24, 2.45) is 16.3 Å². The van der Waals surface area contributed by atoms with E-state index in [0.29, 0.717) is 19.4 Å². The second-order valence-electron chi connectivity index (χ2n) is 4.83. The zero-order valence-electron chi connectivity index (χ0n) is 10.7. The summed E-state index contributed by atoms with van der Waals surface area (Å²) in [5.41, 5.74) is 4.83. The molecule has 0 saturated heterocycles. The summed E-state index contributed by atoms with van der Waals surface area (Å²) in [6, 6.07) is 0. The maximum absolute atomic E-state index is 12.1. The van der Waals surface area contributed by atoms with Crippen molar-refractivity contribution in [2.75, 3.05) is 6.54 Å². The highest BCUT2D eigenvalue weighted by atomic mass is 16.4. The standard InChI is InChI=1S/C12H19N5O2/c13-10(16-19)12(3-1-4-12)11(18)15-5-2-7-17-8-6-14-9-17/h6,8-9,19H,1-5,7H2,(H2,13,16)(H,15,18). The molecule has 0 radical (unpaired) electrons. The van der Waals surface area contributed by atoms with Crippen molar-refractivity contribution in [3.8, 4) is 0 Å². The Morgan fingerprint density at radius 1 is 1.58 bits per heavy atom. The summed E-state index contributed by atoms with van der Waals surface area (Å²) in [4.78, 5) is 16.1. The lowest BCUT2D eigenvalue weighted by Crippen LogP contribution is -2.54. The second-order valence-corrected chi connectivity index (χ2v) is 4.83. The zero-order chi connectivity index (χ0) is 13.7. The molecule has 0 spiro atoms. The van der Waals surface area contributed by atoms with Gasteiger partial charge in [0.25, 0.3) is 0 Å². The van der Waals surface area contributed by atoms with Gasteiger partial charge in [0.15, 0.2) is 5.84 Å². The first kappa shape index (κ1) is 13.4. The molecule has 7 heteroatoms. The number of hydrogen-bond donors (Lipinski definition) is 3. The molecule has 4 N–H and O–H groups in total. The highest BCUT2D eigenvalue weighted by Gasteiger charge is 2.48. The third-order valence-corrected chi connectivity index (χ3v) is 3.68. The number of carbonyl (C=O) groups is 1. The van der Waals surface area contributed by atoms with Crippen molar-refractivity contribution in [2.45, 2.75) is 32.2 Å². The fourth-order valence-electron chi connectivity index (χ4n) is 2.28. The van der Waals surface area contributed by atoms with E-state index in [0.717, 1.165) is 19.4 Å². The molecule has 0 aromatic carbocycles. The molecule has 1 heterocycles. The predicted octanol–water partition coefficient (Wildman–Crippen LogP) is 0.306. The molecular weight excluding hydrogens is 246 g/mol. The average Bonchev–Trinajstić information content (AvgIpc) is 2.86. The van der Waals surface area contributed by atoms with Crippen LogP contribution in [0.15, 0.2) is 23.9 Å². The third-order valence-electron chi connectivity index (χ3n) is 3.68. The van der Waals surface area contributed by atoms with E-state index in [1.807, 2.05) is 10.8 Å². The van der Waals surface area contributed by atoms with E-state index >= 15 is 0 Å². The van der Waals surface area contributed by atoms with Crippen LogP contribution in [0.25, 0.3) is 0 Å². The maximum Gasteiger partial charge on any atom is 0.233 e. The fraction of sp³-hybridized carbons (Fsp3) is 0.583. The van der Waals surface area contributed by atoms with E-state index in [1.54, 1.807) is 12.5 Å². The fourth-order valence-corrected chi connectivity index (χ4v) is 2.28. The minimum atomic E-state index is -0.788. The van der Waals surface area contributed by atoms with Crippen LogP contribution in [0.5, 0.6) is 0 Å². The van der Waals surface area contributed by atoms with Crippen LogP contribution >= 0.6 is 0 Å². The van der Waals surface area contributed by atoms with Gasteiger partial charge in [-0.3, -0.25) is 4.79 Å². The molecule has 0 unspecified atom stereocenters. The van der Waals surface area contributed by atoms with Gasteiger partial charge < -0.3 is 20.8 Å². The molecule has 1 fully saturated rings. The number of aryl methyl sites for hydroxylation is 1. The molecule has 1 aromatic heterocycles. The average molecular weight is 265 g/mol. The number of nitrogens with two attached hydrogens (primary N) is 1. The van der Waals surface area contributed by atoms with E-state index in [2.05, 4.69) is 15.5 Å². The lowest BCUT2D eigenvalue weighted by molar-refractivity contribution is -0.131. The molecule has 1 amide bonds. The molecule has 7 nitrogen and oxygen atoms in total. The molecule has 0 aliphatic heterocycles. The van der Waals surface area contributed by atoms with Crippen LogP contribution < -0.4 is 11.1 Å². The van der Waals surface area contributed by atoms with Crippen molar-refractivity contribution in [3.63, 3.8) is 0 Å². The minimum absolute atomic E-state index is 0.0193. The van der Waals surface area contributed by atoms with Crippen molar-refractivity contribution < 1.29 is 10.0 Å². The second kappa shape index (κ2) is 5.73. The van der Waals surface area contributed by atoms with Crippen molar-refractivity contribution in [1.29, 1.82) is 0 Å². The summed E-state index contributed by atoms with van der Waals surface area (Å²) in [6.45, 7) is 1.37. The smallest absolute Gasteiger partial charge is 0.233 e. The predicted molar refractivity (Wildman–Crippen MR) is 69.5 cm³/mol. The first-order valence-corrected chi connectivity index (χ1v) is 6.41. The number of aromatic nitrogens is 2. The number of nitrogens with zero attached hydrogens (tertiary/aromatic N) is 3. The largest absolute Gasteiger partial charge is 0.409 e. The number of carbonyl (C=O) groups excluding carboxylic acids is 1. The summed E-state index contributed by atoms with van der Waals surface area (Å²) in [5, 5.41) is 14.6. The van der Waals surface area contributed by atoms with Crippen LogP contribution in [-0.2, 0) is 11.3 Å². The van der Waals surface area contributed by atoms with E-state index in [4.69, 9.17) is 10.9 Å². The summed E-state index contributed by atoms with van der Waals surface area (Å²) < 4.78 is 1.95. The Morgan fingerprint density at radius 2 is 2.37 bits per heavy atom. The molecule has 1 aromatic rings. The Morgan fingerprint density at radius 3 is 2.89 bits per heavy atom. The normalized spacial score (nSPS) is 17.8. The number of nitrogens with one attached hydrogen (secondary N) is 1. The first-order chi connectivity index (χ1) is 9.19. The molecule has 1 aliphatic rings. The SMILES string of the molecule is N/C(=N/O)C1(C(=O)NCCCn2ccnc2)CCC1. The number of hydrogen-bond acceptors (Lipinski definition) is 4. The van der Waals surface area contributed by atoms with Crippen molar-refractivity contribution >= 4 is 11.7 Å². The van der Waals surface area contributed by atoms with E-state index in [9.17, 15) is 4.79 Å². The highest BCUT2D eigenvalue weighted by molar-refractivity contribution is 6.07. The van der Waals surface area contributed by atoms with Gasteiger partial charge in [0.05, 0.1) is 6.33 Å². The number of amides is 1.